The number of benzene rings is 1. The molecule has 0 fully saturated rings. The van der Waals surface area contributed by atoms with Crippen molar-refractivity contribution in [3.8, 4) is 5.75 Å². The Labute approximate surface area is 132 Å². The van der Waals surface area contributed by atoms with E-state index < -0.39 is 0 Å². The SMILES string of the molecule is Cc1ccccc1OCCN(C)C(=O)c1cccc(Br)n1. The van der Waals surface area contributed by atoms with Crippen molar-refractivity contribution in [2.75, 3.05) is 20.2 Å². The van der Waals surface area contributed by atoms with Gasteiger partial charge < -0.3 is 9.64 Å². The Kier molecular flexibility index (Phi) is 5.33. The van der Waals surface area contributed by atoms with Gasteiger partial charge >= 0.3 is 0 Å². The van der Waals surface area contributed by atoms with Gasteiger partial charge in [0.2, 0.25) is 0 Å². The fourth-order valence-electron chi connectivity index (χ4n) is 1.84. The van der Waals surface area contributed by atoms with Crippen LogP contribution in [-0.2, 0) is 0 Å². The lowest BCUT2D eigenvalue weighted by atomic mass is 10.2. The van der Waals surface area contributed by atoms with Gasteiger partial charge in [-0.15, -0.1) is 0 Å². The van der Waals surface area contributed by atoms with Gasteiger partial charge in [0.1, 0.15) is 22.7 Å². The fourth-order valence-corrected chi connectivity index (χ4v) is 2.18. The average Bonchev–Trinajstić information content (AvgIpc) is 2.48. The molecule has 1 aromatic carbocycles. The summed E-state index contributed by atoms with van der Waals surface area (Å²) in [4.78, 5) is 18.0. The second-order valence-electron chi connectivity index (χ2n) is 4.69. The molecule has 0 spiro atoms. The molecule has 0 radical (unpaired) electrons. The number of hydrogen-bond acceptors (Lipinski definition) is 3. The molecule has 0 saturated heterocycles. The standard InChI is InChI=1S/C16H17BrN2O2/c1-12-6-3-4-8-14(12)21-11-10-19(2)16(20)13-7-5-9-15(17)18-13/h3-9H,10-11H2,1-2H3. The topological polar surface area (TPSA) is 42.4 Å². The smallest absolute Gasteiger partial charge is 0.272 e. The zero-order chi connectivity index (χ0) is 15.2. The number of hydrogen-bond donors (Lipinski definition) is 0. The van der Waals surface area contributed by atoms with E-state index in [4.69, 9.17) is 4.74 Å². The maximum atomic E-state index is 12.2. The van der Waals surface area contributed by atoms with Gasteiger partial charge in [0.25, 0.3) is 5.91 Å². The average molecular weight is 349 g/mol. The fraction of sp³-hybridized carbons (Fsp3) is 0.250. The van der Waals surface area contributed by atoms with Crippen LogP contribution in [0.15, 0.2) is 47.1 Å². The number of ether oxygens (including phenoxy) is 1. The molecule has 5 heteroatoms. The normalized spacial score (nSPS) is 10.2. The molecule has 4 nitrogen and oxygen atoms in total. The minimum absolute atomic E-state index is 0.121. The molecular weight excluding hydrogens is 332 g/mol. The molecule has 0 aliphatic rings. The maximum Gasteiger partial charge on any atom is 0.272 e. The number of aryl methyl sites for hydroxylation is 1. The van der Waals surface area contributed by atoms with Crippen molar-refractivity contribution in [3.05, 3.63) is 58.3 Å². The number of carbonyl (C=O) groups excluding carboxylic acids is 1. The van der Waals surface area contributed by atoms with Gasteiger partial charge in [0.05, 0.1) is 6.54 Å². The first kappa shape index (κ1) is 15.5. The molecule has 110 valence electrons. The van der Waals surface area contributed by atoms with Crippen LogP contribution in [-0.4, -0.2) is 36.0 Å². The summed E-state index contributed by atoms with van der Waals surface area (Å²) in [6.07, 6.45) is 0. The Balaban J connectivity index is 1.89. The predicted molar refractivity (Wildman–Crippen MR) is 85.6 cm³/mol. The van der Waals surface area contributed by atoms with Crippen LogP contribution in [0.5, 0.6) is 5.75 Å². The van der Waals surface area contributed by atoms with Crippen LogP contribution >= 0.6 is 15.9 Å². The van der Waals surface area contributed by atoms with E-state index in [0.29, 0.717) is 23.4 Å². The van der Waals surface area contributed by atoms with E-state index in [-0.39, 0.29) is 5.91 Å². The number of nitrogens with zero attached hydrogens (tertiary/aromatic N) is 2. The van der Waals surface area contributed by atoms with E-state index >= 15 is 0 Å². The monoisotopic (exact) mass is 348 g/mol. The van der Waals surface area contributed by atoms with Gasteiger partial charge in [0.15, 0.2) is 0 Å². The van der Waals surface area contributed by atoms with E-state index in [1.54, 1.807) is 30.1 Å². The van der Waals surface area contributed by atoms with E-state index in [1.165, 1.54) is 0 Å². The lowest BCUT2D eigenvalue weighted by Gasteiger charge is -2.17. The summed E-state index contributed by atoms with van der Waals surface area (Å²) in [6.45, 7) is 2.94. The van der Waals surface area contributed by atoms with Gasteiger partial charge in [0, 0.05) is 7.05 Å². The third kappa shape index (κ3) is 4.29. The zero-order valence-corrected chi connectivity index (χ0v) is 13.6. The minimum atomic E-state index is -0.121. The maximum absolute atomic E-state index is 12.2. The summed E-state index contributed by atoms with van der Waals surface area (Å²) < 4.78 is 6.34. The second kappa shape index (κ2) is 7.22. The van der Waals surface area contributed by atoms with Gasteiger partial charge in [-0.25, -0.2) is 4.98 Å². The summed E-state index contributed by atoms with van der Waals surface area (Å²) in [5.74, 6) is 0.726. The largest absolute Gasteiger partial charge is 0.491 e. The third-order valence-electron chi connectivity index (χ3n) is 3.06. The quantitative estimate of drug-likeness (QED) is 0.778. The molecule has 2 rings (SSSR count). The highest BCUT2D eigenvalue weighted by atomic mass is 79.9. The number of pyridine rings is 1. The van der Waals surface area contributed by atoms with Crippen molar-refractivity contribution >= 4 is 21.8 Å². The van der Waals surface area contributed by atoms with E-state index in [1.807, 2.05) is 31.2 Å². The Hall–Kier alpha value is -1.88. The number of amides is 1. The Morgan fingerprint density at radius 2 is 2.00 bits per heavy atom. The summed E-state index contributed by atoms with van der Waals surface area (Å²) in [5, 5.41) is 0. The highest BCUT2D eigenvalue weighted by molar-refractivity contribution is 9.10. The van der Waals surface area contributed by atoms with Gasteiger partial charge in [-0.3, -0.25) is 4.79 Å². The zero-order valence-electron chi connectivity index (χ0n) is 12.0. The molecule has 0 saturated carbocycles. The Bertz CT molecular complexity index is 631. The summed E-state index contributed by atoms with van der Waals surface area (Å²) in [5.41, 5.74) is 1.50. The highest BCUT2D eigenvalue weighted by Gasteiger charge is 2.13. The lowest BCUT2D eigenvalue weighted by Crippen LogP contribution is -2.31. The molecular formula is C16H17BrN2O2. The van der Waals surface area contributed by atoms with Gasteiger partial charge in [-0.05, 0) is 46.6 Å². The first-order valence-corrected chi connectivity index (χ1v) is 7.43. The van der Waals surface area contributed by atoms with Crippen molar-refractivity contribution in [2.24, 2.45) is 0 Å². The van der Waals surface area contributed by atoms with Gasteiger partial charge in [-0.1, -0.05) is 24.3 Å². The van der Waals surface area contributed by atoms with Crippen LogP contribution < -0.4 is 4.74 Å². The number of halogens is 1. The number of carbonyl (C=O) groups is 1. The molecule has 2 aromatic rings. The molecule has 0 aliphatic heterocycles. The summed E-state index contributed by atoms with van der Waals surface area (Å²) >= 11 is 3.26. The summed E-state index contributed by atoms with van der Waals surface area (Å²) in [7, 11) is 1.74. The number of rotatable bonds is 5. The minimum Gasteiger partial charge on any atom is -0.491 e. The molecule has 0 atom stereocenters. The van der Waals surface area contributed by atoms with Crippen LogP contribution in [0.3, 0.4) is 0 Å². The number of aromatic nitrogens is 1. The molecule has 0 unspecified atom stereocenters. The molecule has 1 amide bonds. The second-order valence-corrected chi connectivity index (χ2v) is 5.50. The highest BCUT2D eigenvalue weighted by Crippen LogP contribution is 2.16. The van der Waals surface area contributed by atoms with E-state index in [9.17, 15) is 4.79 Å². The Morgan fingerprint density at radius 3 is 2.71 bits per heavy atom. The van der Waals surface area contributed by atoms with Crippen LogP contribution in [0.1, 0.15) is 16.1 Å². The molecule has 0 N–H and O–H groups in total. The number of para-hydroxylation sites is 1. The van der Waals surface area contributed by atoms with Gasteiger partial charge in [-0.2, -0.15) is 0 Å². The van der Waals surface area contributed by atoms with Crippen molar-refractivity contribution < 1.29 is 9.53 Å². The van der Waals surface area contributed by atoms with E-state index in [2.05, 4.69) is 20.9 Å². The summed E-state index contributed by atoms with van der Waals surface area (Å²) in [6, 6.07) is 13.1. The predicted octanol–water partition coefficient (Wildman–Crippen LogP) is 3.30. The van der Waals surface area contributed by atoms with Crippen molar-refractivity contribution in [1.29, 1.82) is 0 Å². The first-order chi connectivity index (χ1) is 10.1. The first-order valence-electron chi connectivity index (χ1n) is 6.64. The Morgan fingerprint density at radius 1 is 1.24 bits per heavy atom. The molecule has 0 bridgehead atoms. The lowest BCUT2D eigenvalue weighted by molar-refractivity contribution is 0.0767. The molecule has 1 heterocycles. The van der Waals surface area contributed by atoms with Crippen molar-refractivity contribution in [1.82, 2.24) is 9.88 Å². The third-order valence-corrected chi connectivity index (χ3v) is 3.50. The molecule has 21 heavy (non-hydrogen) atoms. The van der Waals surface area contributed by atoms with E-state index in [0.717, 1.165) is 11.3 Å². The molecule has 0 aliphatic carbocycles. The molecule has 1 aromatic heterocycles. The van der Waals surface area contributed by atoms with Crippen LogP contribution in [0.2, 0.25) is 0 Å². The van der Waals surface area contributed by atoms with Crippen LogP contribution in [0, 0.1) is 6.92 Å². The van der Waals surface area contributed by atoms with Crippen molar-refractivity contribution in [2.45, 2.75) is 6.92 Å². The van der Waals surface area contributed by atoms with Crippen LogP contribution in [0.4, 0.5) is 0 Å². The van der Waals surface area contributed by atoms with Crippen molar-refractivity contribution in [3.63, 3.8) is 0 Å². The number of likely N-dealkylation sites (N-methyl/N-ethyl adjacent to an activating group) is 1. The van der Waals surface area contributed by atoms with Crippen LogP contribution in [0.25, 0.3) is 0 Å².